The van der Waals surface area contributed by atoms with Crippen LogP contribution in [0.25, 0.3) is 0 Å². The van der Waals surface area contributed by atoms with E-state index in [-0.39, 0.29) is 5.78 Å². The van der Waals surface area contributed by atoms with Crippen molar-refractivity contribution in [1.82, 2.24) is 10.2 Å². The standard InChI is InChI=1S/C14H14N2O/c1-2-4-11-5-3-6-12(9-11)14(17)13-7-8-15-16-10-13/h3,5-10H,2,4H2,1H3. The van der Waals surface area contributed by atoms with E-state index in [1.54, 1.807) is 6.07 Å². The first kappa shape index (κ1) is 11.5. The predicted molar refractivity (Wildman–Crippen MR) is 65.9 cm³/mol. The Kier molecular flexibility index (Phi) is 3.60. The number of aromatic nitrogens is 2. The van der Waals surface area contributed by atoms with Crippen molar-refractivity contribution in [3.05, 3.63) is 59.4 Å². The summed E-state index contributed by atoms with van der Waals surface area (Å²) in [5.41, 5.74) is 2.48. The normalized spacial score (nSPS) is 10.2. The Balaban J connectivity index is 2.28. The average molecular weight is 226 g/mol. The second kappa shape index (κ2) is 5.34. The Morgan fingerprint density at radius 1 is 1.18 bits per heavy atom. The lowest BCUT2D eigenvalue weighted by Crippen LogP contribution is -2.02. The first-order valence-electron chi connectivity index (χ1n) is 5.71. The molecule has 1 heterocycles. The molecule has 3 nitrogen and oxygen atoms in total. The second-order valence-corrected chi connectivity index (χ2v) is 3.91. The Hall–Kier alpha value is -2.03. The van der Waals surface area contributed by atoms with Crippen molar-refractivity contribution < 1.29 is 4.79 Å². The number of nitrogens with zero attached hydrogens (tertiary/aromatic N) is 2. The number of benzene rings is 1. The van der Waals surface area contributed by atoms with E-state index in [4.69, 9.17) is 0 Å². The van der Waals surface area contributed by atoms with E-state index in [0.29, 0.717) is 11.1 Å². The molecule has 0 aliphatic rings. The van der Waals surface area contributed by atoms with Crippen LogP contribution in [0.15, 0.2) is 42.7 Å². The van der Waals surface area contributed by atoms with E-state index in [9.17, 15) is 4.79 Å². The van der Waals surface area contributed by atoms with Gasteiger partial charge in [0.1, 0.15) is 0 Å². The Morgan fingerprint density at radius 2 is 2.06 bits per heavy atom. The van der Waals surface area contributed by atoms with Crippen molar-refractivity contribution in [3.8, 4) is 0 Å². The minimum atomic E-state index is -0.00199. The van der Waals surface area contributed by atoms with Crippen LogP contribution in [0.3, 0.4) is 0 Å². The maximum Gasteiger partial charge on any atom is 0.194 e. The molecule has 0 amide bonds. The van der Waals surface area contributed by atoms with Gasteiger partial charge in [0.25, 0.3) is 0 Å². The van der Waals surface area contributed by atoms with Gasteiger partial charge in [0.15, 0.2) is 5.78 Å². The third kappa shape index (κ3) is 2.75. The van der Waals surface area contributed by atoms with Crippen molar-refractivity contribution in [1.29, 1.82) is 0 Å². The zero-order valence-corrected chi connectivity index (χ0v) is 9.76. The van der Waals surface area contributed by atoms with E-state index in [1.165, 1.54) is 18.0 Å². The molecule has 3 heteroatoms. The van der Waals surface area contributed by atoms with Gasteiger partial charge in [-0.1, -0.05) is 31.5 Å². The summed E-state index contributed by atoms with van der Waals surface area (Å²) < 4.78 is 0. The van der Waals surface area contributed by atoms with Crippen LogP contribution in [0.2, 0.25) is 0 Å². The predicted octanol–water partition coefficient (Wildman–Crippen LogP) is 2.66. The highest BCUT2D eigenvalue weighted by Gasteiger charge is 2.09. The quantitative estimate of drug-likeness (QED) is 0.753. The second-order valence-electron chi connectivity index (χ2n) is 3.91. The van der Waals surface area contributed by atoms with E-state index >= 15 is 0 Å². The first-order valence-corrected chi connectivity index (χ1v) is 5.71. The summed E-state index contributed by atoms with van der Waals surface area (Å²) in [7, 11) is 0. The van der Waals surface area contributed by atoms with Crippen molar-refractivity contribution in [2.75, 3.05) is 0 Å². The van der Waals surface area contributed by atoms with E-state index < -0.39 is 0 Å². The maximum absolute atomic E-state index is 12.1. The highest BCUT2D eigenvalue weighted by atomic mass is 16.1. The van der Waals surface area contributed by atoms with Gasteiger partial charge in [0, 0.05) is 11.1 Å². The molecule has 86 valence electrons. The number of rotatable bonds is 4. The lowest BCUT2D eigenvalue weighted by molar-refractivity contribution is 0.103. The van der Waals surface area contributed by atoms with Crippen molar-refractivity contribution in [2.24, 2.45) is 0 Å². The van der Waals surface area contributed by atoms with Gasteiger partial charge < -0.3 is 0 Å². The van der Waals surface area contributed by atoms with Gasteiger partial charge in [-0.05, 0) is 24.1 Å². The molecule has 1 aromatic heterocycles. The van der Waals surface area contributed by atoms with Crippen LogP contribution in [0.4, 0.5) is 0 Å². The topological polar surface area (TPSA) is 42.9 Å². The van der Waals surface area contributed by atoms with Gasteiger partial charge in [0.05, 0.1) is 12.4 Å². The summed E-state index contributed by atoms with van der Waals surface area (Å²) in [5, 5.41) is 7.39. The molecule has 0 N–H and O–H groups in total. The molecular formula is C14H14N2O. The van der Waals surface area contributed by atoms with Crippen molar-refractivity contribution in [2.45, 2.75) is 19.8 Å². The molecule has 0 bridgehead atoms. The number of ketones is 1. The van der Waals surface area contributed by atoms with Crippen LogP contribution in [0.5, 0.6) is 0 Å². The molecule has 0 atom stereocenters. The zero-order chi connectivity index (χ0) is 12.1. The van der Waals surface area contributed by atoms with Gasteiger partial charge in [-0.15, -0.1) is 0 Å². The van der Waals surface area contributed by atoms with Gasteiger partial charge in [-0.2, -0.15) is 10.2 Å². The van der Waals surface area contributed by atoms with Crippen molar-refractivity contribution in [3.63, 3.8) is 0 Å². The summed E-state index contributed by atoms with van der Waals surface area (Å²) in [6.45, 7) is 2.13. The smallest absolute Gasteiger partial charge is 0.194 e. The SMILES string of the molecule is CCCc1cccc(C(=O)c2ccnnc2)c1. The number of hydrogen-bond acceptors (Lipinski definition) is 3. The monoisotopic (exact) mass is 226 g/mol. The van der Waals surface area contributed by atoms with Gasteiger partial charge in [0.2, 0.25) is 0 Å². The number of carbonyl (C=O) groups excluding carboxylic acids is 1. The molecule has 0 fully saturated rings. The fourth-order valence-corrected chi connectivity index (χ4v) is 1.75. The van der Waals surface area contributed by atoms with Gasteiger partial charge in [-0.3, -0.25) is 4.79 Å². The Morgan fingerprint density at radius 3 is 2.76 bits per heavy atom. The largest absolute Gasteiger partial charge is 0.289 e. The fourth-order valence-electron chi connectivity index (χ4n) is 1.75. The maximum atomic E-state index is 12.1. The van der Waals surface area contributed by atoms with Crippen LogP contribution in [0, 0.1) is 0 Å². The molecule has 17 heavy (non-hydrogen) atoms. The number of aryl methyl sites for hydroxylation is 1. The number of carbonyl (C=O) groups is 1. The lowest BCUT2D eigenvalue weighted by atomic mass is 10.0. The lowest BCUT2D eigenvalue weighted by Gasteiger charge is -2.03. The minimum absolute atomic E-state index is 0.00199. The van der Waals surface area contributed by atoms with Crippen LogP contribution in [-0.2, 0) is 6.42 Å². The van der Waals surface area contributed by atoms with E-state index in [0.717, 1.165) is 12.8 Å². The molecule has 0 aliphatic heterocycles. The third-order valence-corrected chi connectivity index (χ3v) is 2.57. The summed E-state index contributed by atoms with van der Waals surface area (Å²) in [4.78, 5) is 12.1. The highest BCUT2D eigenvalue weighted by Crippen LogP contribution is 2.12. The molecule has 0 unspecified atom stereocenters. The fraction of sp³-hybridized carbons (Fsp3) is 0.214. The molecular weight excluding hydrogens is 212 g/mol. The molecule has 0 radical (unpaired) electrons. The van der Waals surface area contributed by atoms with Crippen LogP contribution in [0.1, 0.15) is 34.8 Å². The van der Waals surface area contributed by atoms with Crippen LogP contribution in [-0.4, -0.2) is 16.0 Å². The molecule has 0 spiro atoms. The molecule has 1 aromatic carbocycles. The van der Waals surface area contributed by atoms with Gasteiger partial charge >= 0.3 is 0 Å². The summed E-state index contributed by atoms with van der Waals surface area (Å²) in [6, 6.07) is 9.44. The third-order valence-electron chi connectivity index (χ3n) is 2.57. The molecule has 2 aromatic rings. The average Bonchev–Trinajstić information content (AvgIpc) is 2.40. The van der Waals surface area contributed by atoms with Crippen LogP contribution < -0.4 is 0 Å². The van der Waals surface area contributed by atoms with Crippen molar-refractivity contribution >= 4 is 5.78 Å². The molecule has 0 saturated carbocycles. The Labute approximate surface area is 101 Å². The van der Waals surface area contributed by atoms with E-state index in [1.807, 2.05) is 24.3 Å². The van der Waals surface area contributed by atoms with Crippen LogP contribution >= 0.6 is 0 Å². The Bertz CT molecular complexity index is 509. The number of hydrogen-bond donors (Lipinski definition) is 0. The summed E-state index contributed by atoms with van der Waals surface area (Å²) >= 11 is 0. The molecule has 0 saturated heterocycles. The van der Waals surface area contributed by atoms with E-state index in [2.05, 4.69) is 17.1 Å². The summed E-state index contributed by atoms with van der Waals surface area (Å²) in [5.74, 6) is -0.00199. The summed E-state index contributed by atoms with van der Waals surface area (Å²) in [6.07, 6.45) is 5.10. The zero-order valence-electron chi connectivity index (χ0n) is 9.76. The van der Waals surface area contributed by atoms with Gasteiger partial charge in [-0.25, -0.2) is 0 Å². The molecule has 2 rings (SSSR count). The first-order chi connectivity index (χ1) is 8.31. The molecule has 0 aliphatic carbocycles. The highest BCUT2D eigenvalue weighted by molar-refractivity contribution is 6.08. The minimum Gasteiger partial charge on any atom is -0.289 e.